The first-order valence-electron chi connectivity index (χ1n) is 40.3. The highest BCUT2D eigenvalue weighted by Crippen LogP contribution is 2.23. The van der Waals surface area contributed by atoms with Crippen LogP contribution in [0.1, 0.15) is 153 Å². The summed E-state index contributed by atoms with van der Waals surface area (Å²) in [6.45, 7) is 7.07. The monoisotopic (exact) mass is 1780 g/mol. The second kappa shape index (κ2) is 49.8. The molecule has 0 bridgehead atoms. The van der Waals surface area contributed by atoms with E-state index in [4.69, 9.17) is 20.9 Å². The van der Waals surface area contributed by atoms with Crippen molar-refractivity contribution in [3.63, 3.8) is 0 Å². The summed E-state index contributed by atoms with van der Waals surface area (Å²) in [6.07, 6.45) is -4.92. The van der Waals surface area contributed by atoms with E-state index in [0.29, 0.717) is 27.6 Å². The number of rotatable bonds is 34. The van der Waals surface area contributed by atoms with Crippen molar-refractivity contribution in [3.05, 3.63) is 107 Å². The van der Waals surface area contributed by atoms with Crippen LogP contribution in [-0.4, -0.2) is 259 Å². The number of H-pyrrole nitrogens is 1. The molecule has 4 aromatic rings. The molecule has 24 N–H and O–H groups in total. The quantitative estimate of drug-likeness (QED) is 0.00714. The van der Waals surface area contributed by atoms with Crippen molar-refractivity contribution in [1.82, 2.24) is 79.4 Å². The fraction of sp³-hybridized carbons (Fsp3) is 0.476. The van der Waals surface area contributed by atoms with Crippen LogP contribution in [0, 0.1) is 5.92 Å². The SMILES string of the molecule is CCCCCc1ccc(/C(C)=C/C(=O)NC(Cc2c[nH]c3ccccc23)C(=O)N[C@H](CC(N)=O)C(=O)N[C@@H](CC(=O)O)C(=O)N[C@@H]2C(=O)NCC(=O)N[C@@H](CCCNC(=O)OC(C)(C)C)C(=O)N[C@@H](CC(=O)O)C(=O)N[C@H](C)C(=O)N[C@@H](CC(=O)O)C(=O)NCC(=O)N[C@H](CO)C(=O)NC([C@H](C)CC(=O)O)C(=O)N[C@@H](CC(=O)c3ccccc3N)C(=O)O[C@@H]2C)cc1. The normalized spacial score (nSPS) is 20.5. The summed E-state index contributed by atoms with van der Waals surface area (Å²) in [7, 11) is 0. The number of carboxylic acids is 4. The predicted molar refractivity (Wildman–Crippen MR) is 446 cm³/mol. The first kappa shape index (κ1) is 103. The molecule has 2 unspecified atom stereocenters. The fourth-order valence-corrected chi connectivity index (χ4v) is 12.7. The average Bonchev–Trinajstić information content (AvgIpc) is 1.71. The second-order valence-corrected chi connectivity index (χ2v) is 30.9. The van der Waals surface area contributed by atoms with Crippen LogP contribution in [0.4, 0.5) is 10.5 Å². The molecule has 1 aromatic heterocycles. The number of nitrogen functional groups attached to an aromatic ring is 1. The maximum Gasteiger partial charge on any atom is 0.407 e. The van der Waals surface area contributed by atoms with Crippen molar-refractivity contribution in [3.8, 4) is 0 Å². The number of nitrogens with one attached hydrogen (secondary N) is 15. The number of ketones is 1. The molecule has 2 heterocycles. The number of aliphatic hydroxyl groups is 1. The number of ether oxygens (including phenoxy) is 2. The zero-order chi connectivity index (χ0) is 94.7. The second-order valence-electron chi connectivity index (χ2n) is 30.9. The Bertz CT molecular complexity index is 4760. The van der Waals surface area contributed by atoms with Crippen LogP contribution in [-0.2, 0) is 113 Å². The van der Waals surface area contributed by atoms with E-state index in [2.05, 4.69) is 70.4 Å². The zero-order valence-electron chi connectivity index (χ0n) is 70.9. The van der Waals surface area contributed by atoms with Crippen LogP contribution >= 0.6 is 0 Å². The number of allylic oxidation sites excluding steroid dienone is 1. The number of benzene rings is 3. The molecule has 1 saturated heterocycles. The number of anilines is 1. The Morgan fingerprint density at radius 2 is 1.15 bits per heavy atom. The highest BCUT2D eigenvalue weighted by atomic mass is 16.6. The maximum absolute atomic E-state index is 15.0. The number of primary amides is 1. The first-order chi connectivity index (χ1) is 59.8. The van der Waals surface area contributed by atoms with E-state index in [0.717, 1.165) is 52.0 Å². The molecule has 45 nitrogen and oxygen atoms in total. The minimum atomic E-state index is -2.51. The van der Waals surface area contributed by atoms with E-state index in [1.54, 1.807) is 37.4 Å². The van der Waals surface area contributed by atoms with Gasteiger partial charge in [0.25, 0.3) is 0 Å². The number of hydrogen-bond acceptors (Lipinski definition) is 25. The number of cyclic esters (lactones) is 1. The van der Waals surface area contributed by atoms with Gasteiger partial charge in [-0.2, -0.15) is 0 Å². The van der Waals surface area contributed by atoms with Gasteiger partial charge in [-0.3, -0.25) is 91.1 Å². The molecule has 1 fully saturated rings. The number of hydrogen-bond donors (Lipinski definition) is 22. The number of aryl methyl sites for hydroxylation is 1. The average molecular weight is 1780 g/mol. The number of nitrogens with two attached hydrogens (primary N) is 2. The number of para-hydroxylation sites is 2. The Balaban J connectivity index is 1.64. The van der Waals surface area contributed by atoms with E-state index in [-0.39, 0.29) is 30.6 Å². The number of Topliss-reactive ketones (excluding diaryl/α,β-unsaturated/α-hetero) is 1. The van der Waals surface area contributed by atoms with Crippen LogP contribution in [0.3, 0.4) is 0 Å². The van der Waals surface area contributed by atoms with Gasteiger partial charge in [0, 0.05) is 53.8 Å². The number of carboxylic acid groups (broad SMARTS) is 4. The van der Waals surface area contributed by atoms with Crippen molar-refractivity contribution in [1.29, 1.82) is 0 Å². The molecule has 0 aliphatic carbocycles. The molecule has 0 saturated carbocycles. The third-order valence-electron chi connectivity index (χ3n) is 19.3. The zero-order valence-corrected chi connectivity index (χ0v) is 70.9. The fourth-order valence-electron chi connectivity index (χ4n) is 12.7. The molecule has 15 amide bonds. The van der Waals surface area contributed by atoms with Crippen molar-refractivity contribution < 1.29 is 136 Å². The van der Waals surface area contributed by atoms with E-state index >= 15 is 0 Å². The van der Waals surface area contributed by atoms with Gasteiger partial charge in [-0.1, -0.05) is 81.3 Å². The van der Waals surface area contributed by atoms with Crippen LogP contribution in [0.15, 0.2) is 85.1 Å². The summed E-state index contributed by atoms with van der Waals surface area (Å²) < 4.78 is 11.0. The number of esters is 1. The highest BCUT2D eigenvalue weighted by molar-refractivity contribution is 6.06. The van der Waals surface area contributed by atoms with Crippen molar-refractivity contribution in [2.75, 3.05) is 32.0 Å². The number of aliphatic hydroxyl groups excluding tert-OH is 1. The third-order valence-corrected chi connectivity index (χ3v) is 19.3. The van der Waals surface area contributed by atoms with Crippen LogP contribution in [0.2, 0.25) is 0 Å². The Morgan fingerprint density at radius 3 is 1.75 bits per heavy atom. The number of carbonyl (C=O) groups excluding carboxylic acids is 17. The summed E-state index contributed by atoms with van der Waals surface area (Å²) >= 11 is 0. The minimum absolute atomic E-state index is 0.211. The molecular formula is C82H109N17O28. The predicted octanol–water partition coefficient (Wildman–Crippen LogP) is -3.36. The van der Waals surface area contributed by atoms with Gasteiger partial charge in [0.15, 0.2) is 5.78 Å². The number of fused-ring (bicyclic) bond motifs is 1. The van der Waals surface area contributed by atoms with E-state index < -0.39 is 273 Å². The molecule has 690 valence electrons. The molecule has 0 spiro atoms. The summed E-state index contributed by atoms with van der Waals surface area (Å²) in [6, 6.07) is -3.89. The molecule has 1 aliphatic heterocycles. The summed E-state index contributed by atoms with van der Waals surface area (Å²) in [5, 5.41) is 81.4. The van der Waals surface area contributed by atoms with E-state index in [1.165, 1.54) is 51.1 Å². The van der Waals surface area contributed by atoms with Crippen molar-refractivity contribution in [2.45, 2.75) is 217 Å². The number of aromatic nitrogens is 1. The highest BCUT2D eigenvalue weighted by Gasteiger charge is 2.41. The Kier molecular flexibility index (Phi) is 40.4. The van der Waals surface area contributed by atoms with Gasteiger partial charge in [-0.15, -0.1) is 0 Å². The minimum Gasteiger partial charge on any atom is -0.481 e. The number of amides is 15. The standard InChI is InChI=1S/C82H109N17O28/c1-9-10-11-17-44-23-25-45(26-24-44)40(2)28-61(103)91-52(30-46-36-86-50-21-15-13-18-47(46)50)74(118)94-53(32-60(84)102)75(119)96-56(35-67(112)113)76(120)99-69-43(5)126-80(124)57(31-59(101)48-19-12-14-20-49(48)83)97-79(123)68(41(3)29-64(106)107)98-77(121)58(39-100)92-63(105)37-87-71(115)54(33-65(108)109)93-70(114)42(4)89-73(117)55(34-66(110)111)95-72(116)51(90-62(104)38-88-78(69)122)22-16-27-85-81(125)127-82(6,7)8/h12-15,18-21,23-26,28,36,41-43,51-58,68-69,86,100H,9-11,16-17,22,27,29-35,37-39,83H2,1-8H3,(H2,84,102)(H,85,125)(H,87,115)(H,88,122)(H,89,117)(H,90,104)(H,91,103)(H,92,105)(H,93,114)(H,94,118)(H,95,116)(H,96,119)(H,97,123)(H,98,121)(H,99,120)(H,106,107)(H,108,109)(H,110,111)(H,112,113)/b40-28+/t41-,42-,43-,51+,52?,53-,54+,55+,56+,57+,58-,68?,69+/m1/s1. The van der Waals surface area contributed by atoms with E-state index in [9.17, 15) is 126 Å². The lowest BCUT2D eigenvalue weighted by molar-refractivity contribution is -0.156. The van der Waals surface area contributed by atoms with Gasteiger partial charge in [-0.05, 0) is 114 Å². The van der Waals surface area contributed by atoms with Gasteiger partial charge in [0.2, 0.25) is 82.7 Å². The first-order valence-corrected chi connectivity index (χ1v) is 40.3. The molecule has 5 rings (SSSR count). The van der Waals surface area contributed by atoms with E-state index in [1.807, 2.05) is 40.2 Å². The summed E-state index contributed by atoms with van der Waals surface area (Å²) in [4.78, 5) is 292. The molecule has 13 atom stereocenters. The molecule has 127 heavy (non-hydrogen) atoms. The van der Waals surface area contributed by atoms with Gasteiger partial charge >= 0.3 is 35.9 Å². The molecule has 45 heteroatoms. The molecule has 0 radical (unpaired) electrons. The number of aliphatic carboxylic acids is 4. The maximum atomic E-state index is 15.0. The Labute approximate surface area is 726 Å². The van der Waals surface area contributed by atoms with Crippen molar-refractivity contribution in [2.24, 2.45) is 11.7 Å². The third kappa shape index (κ3) is 35.0. The number of aromatic amines is 1. The number of unbranched alkanes of at least 4 members (excludes halogenated alkanes) is 2. The number of alkyl carbamates (subject to hydrolysis) is 1. The molecule has 1 aliphatic rings. The lowest BCUT2D eigenvalue weighted by Crippen LogP contribution is -2.62. The van der Waals surface area contributed by atoms with Crippen LogP contribution in [0.25, 0.3) is 16.5 Å². The lowest BCUT2D eigenvalue weighted by atomic mass is 9.96. The lowest BCUT2D eigenvalue weighted by Gasteiger charge is -2.30. The van der Waals surface area contributed by atoms with Crippen molar-refractivity contribution >= 4 is 147 Å². The van der Waals surface area contributed by atoms with Gasteiger partial charge in [0.1, 0.15) is 78.2 Å². The summed E-state index contributed by atoms with van der Waals surface area (Å²) in [5.41, 5.74) is 13.5. The van der Waals surface area contributed by atoms with Crippen LogP contribution < -0.4 is 85.9 Å². The largest absolute Gasteiger partial charge is 0.481 e. The van der Waals surface area contributed by atoms with Gasteiger partial charge < -0.3 is 126 Å². The van der Waals surface area contributed by atoms with Gasteiger partial charge in [0.05, 0.1) is 51.8 Å². The summed E-state index contributed by atoms with van der Waals surface area (Å²) in [5.74, 6) is -30.7. The Morgan fingerprint density at radius 1 is 0.591 bits per heavy atom. The smallest absolute Gasteiger partial charge is 0.407 e. The molecular weight excluding hydrogens is 1670 g/mol. The molecule has 3 aromatic carbocycles. The van der Waals surface area contributed by atoms with Crippen LogP contribution in [0.5, 0.6) is 0 Å². The topological polar surface area (TPSA) is 714 Å². The Hall–Kier alpha value is -14.4. The van der Waals surface area contributed by atoms with Gasteiger partial charge in [-0.25, -0.2) is 9.59 Å². The number of carbonyl (C=O) groups is 21.